The van der Waals surface area contributed by atoms with Gasteiger partial charge < -0.3 is 19.3 Å². The van der Waals surface area contributed by atoms with Crippen LogP contribution in [0.1, 0.15) is 12.8 Å². The molecule has 0 aliphatic carbocycles. The van der Waals surface area contributed by atoms with Crippen LogP contribution < -0.4 is 14.4 Å². The highest BCUT2D eigenvalue weighted by molar-refractivity contribution is 5.96. The molecule has 1 atom stereocenters. The molecule has 1 unspecified atom stereocenters. The number of urea groups is 1. The number of amides is 3. The smallest absolute Gasteiger partial charge is 0.325 e. The van der Waals surface area contributed by atoms with E-state index in [1.807, 2.05) is 0 Å². The van der Waals surface area contributed by atoms with E-state index < -0.39 is 17.7 Å². The summed E-state index contributed by atoms with van der Waals surface area (Å²) in [6, 6.07) is 4.71. The Morgan fingerprint density at radius 1 is 1.19 bits per heavy atom. The molecule has 2 aliphatic heterocycles. The van der Waals surface area contributed by atoms with E-state index in [1.54, 1.807) is 11.0 Å². The maximum atomic E-state index is 13.5. The van der Waals surface area contributed by atoms with Gasteiger partial charge in [0.2, 0.25) is 11.8 Å². The summed E-state index contributed by atoms with van der Waals surface area (Å²) in [7, 11) is 1.47. The van der Waals surface area contributed by atoms with E-state index in [-0.39, 0.29) is 30.3 Å². The molecule has 32 heavy (non-hydrogen) atoms. The first-order valence-electron chi connectivity index (χ1n) is 10.3. The molecule has 0 bridgehead atoms. The van der Waals surface area contributed by atoms with E-state index >= 15 is 0 Å². The SMILES string of the molecule is COc1nccc(OC2CCCN(C(=O)CN3CCN(c4ccc(F)c(F)c4)C3=O)C2)n1. The molecule has 2 aromatic rings. The molecular weight excluding hydrogens is 424 g/mol. The van der Waals surface area contributed by atoms with Crippen molar-refractivity contribution in [1.29, 1.82) is 0 Å². The van der Waals surface area contributed by atoms with E-state index in [4.69, 9.17) is 9.47 Å². The average Bonchev–Trinajstić information content (AvgIpc) is 3.16. The number of methoxy groups -OCH3 is 1. The first-order valence-corrected chi connectivity index (χ1v) is 10.3. The molecule has 2 aliphatic rings. The van der Waals surface area contributed by atoms with Gasteiger partial charge in [-0.2, -0.15) is 4.98 Å². The molecule has 3 amide bonds. The van der Waals surface area contributed by atoms with Crippen molar-refractivity contribution in [3.8, 4) is 11.9 Å². The highest BCUT2D eigenvalue weighted by Crippen LogP contribution is 2.23. The van der Waals surface area contributed by atoms with Gasteiger partial charge in [-0.3, -0.25) is 9.69 Å². The number of hydrogen-bond acceptors (Lipinski definition) is 6. The molecule has 3 heterocycles. The first-order chi connectivity index (χ1) is 15.4. The Bertz CT molecular complexity index is 1010. The zero-order valence-corrected chi connectivity index (χ0v) is 17.5. The quantitative estimate of drug-likeness (QED) is 0.674. The summed E-state index contributed by atoms with van der Waals surface area (Å²) in [6.45, 7) is 1.46. The Balaban J connectivity index is 1.34. The zero-order chi connectivity index (χ0) is 22.7. The second-order valence-electron chi connectivity index (χ2n) is 7.56. The van der Waals surface area contributed by atoms with E-state index in [1.165, 1.54) is 29.2 Å². The van der Waals surface area contributed by atoms with Gasteiger partial charge in [-0.25, -0.2) is 18.6 Å². The molecule has 0 spiro atoms. The van der Waals surface area contributed by atoms with Crippen molar-refractivity contribution in [3.63, 3.8) is 0 Å². The number of hydrogen-bond donors (Lipinski definition) is 0. The number of piperidine rings is 1. The number of nitrogens with zero attached hydrogens (tertiary/aromatic N) is 5. The normalized spacial score (nSPS) is 18.8. The fourth-order valence-corrected chi connectivity index (χ4v) is 3.81. The van der Waals surface area contributed by atoms with Crippen molar-refractivity contribution >= 4 is 17.6 Å². The predicted molar refractivity (Wildman–Crippen MR) is 109 cm³/mol. The summed E-state index contributed by atoms with van der Waals surface area (Å²) < 4.78 is 37.6. The summed E-state index contributed by atoms with van der Waals surface area (Å²) in [4.78, 5) is 38.0. The average molecular weight is 447 g/mol. The van der Waals surface area contributed by atoms with Gasteiger partial charge in [0.1, 0.15) is 12.6 Å². The lowest BCUT2D eigenvalue weighted by molar-refractivity contribution is -0.134. The fourth-order valence-electron chi connectivity index (χ4n) is 3.81. The van der Waals surface area contributed by atoms with Crippen LogP contribution in [-0.2, 0) is 4.79 Å². The van der Waals surface area contributed by atoms with Gasteiger partial charge in [-0.15, -0.1) is 0 Å². The summed E-state index contributed by atoms with van der Waals surface area (Å²) in [6.07, 6.45) is 2.82. The van der Waals surface area contributed by atoms with Crippen molar-refractivity contribution in [3.05, 3.63) is 42.1 Å². The van der Waals surface area contributed by atoms with Crippen LogP contribution >= 0.6 is 0 Å². The van der Waals surface area contributed by atoms with E-state index in [2.05, 4.69) is 9.97 Å². The van der Waals surface area contributed by atoms with Gasteiger partial charge in [0.15, 0.2) is 11.6 Å². The van der Waals surface area contributed by atoms with Crippen LogP contribution in [0.2, 0.25) is 0 Å². The number of anilines is 1. The summed E-state index contributed by atoms with van der Waals surface area (Å²) >= 11 is 0. The van der Waals surface area contributed by atoms with Gasteiger partial charge in [-0.05, 0) is 25.0 Å². The number of rotatable bonds is 6. The van der Waals surface area contributed by atoms with Crippen LogP contribution in [0.4, 0.5) is 19.3 Å². The molecule has 4 rings (SSSR count). The van der Waals surface area contributed by atoms with Gasteiger partial charge in [0.05, 0.1) is 13.7 Å². The highest BCUT2D eigenvalue weighted by Gasteiger charge is 2.33. The molecule has 0 N–H and O–H groups in total. The number of halogens is 2. The number of aromatic nitrogens is 2. The lowest BCUT2D eigenvalue weighted by atomic mass is 10.1. The summed E-state index contributed by atoms with van der Waals surface area (Å²) in [5.41, 5.74) is 0.260. The molecule has 9 nitrogen and oxygen atoms in total. The minimum Gasteiger partial charge on any atom is -0.472 e. The van der Waals surface area contributed by atoms with Crippen LogP contribution in [0, 0.1) is 11.6 Å². The number of ether oxygens (including phenoxy) is 2. The van der Waals surface area contributed by atoms with E-state index in [0.29, 0.717) is 32.1 Å². The summed E-state index contributed by atoms with van der Waals surface area (Å²) in [5.74, 6) is -1.83. The number of benzene rings is 1. The Labute approximate surface area is 183 Å². The maximum Gasteiger partial charge on any atom is 0.325 e. The van der Waals surface area contributed by atoms with E-state index in [9.17, 15) is 18.4 Å². The zero-order valence-electron chi connectivity index (χ0n) is 17.5. The molecule has 1 aromatic heterocycles. The topological polar surface area (TPSA) is 88.1 Å². The molecule has 0 saturated carbocycles. The van der Waals surface area contributed by atoms with E-state index in [0.717, 1.165) is 25.0 Å². The third kappa shape index (κ3) is 4.71. The predicted octanol–water partition coefficient (Wildman–Crippen LogP) is 2.08. The Morgan fingerprint density at radius 2 is 2.03 bits per heavy atom. The number of carbonyl (C=O) groups excluding carboxylic acids is 2. The molecule has 170 valence electrons. The van der Waals surface area contributed by atoms with Gasteiger partial charge in [0.25, 0.3) is 0 Å². The lowest BCUT2D eigenvalue weighted by Crippen LogP contribution is -2.48. The van der Waals surface area contributed by atoms with Crippen molar-refractivity contribution in [2.75, 3.05) is 44.7 Å². The lowest BCUT2D eigenvalue weighted by Gasteiger charge is -2.33. The molecule has 11 heteroatoms. The van der Waals surface area contributed by atoms with Gasteiger partial charge in [0, 0.05) is 43.7 Å². The monoisotopic (exact) mass is 447 g/mol. The molecular formula is C21H23F2N5O4. The third-order valence-corrected chi connectivity index (χ3v) is 5.44. The standard InChI is InChI=1S/C21H23F2N5O4/c1-31-20-24-7-6-18(25-20)32-15-3-2-8-26(12-15)19(29)13-27-9-10-28(21(27)30)14-4-5-16(22)17(23)11-14/h4-7,11,15H,2-3,8-10,12-13H2,1H3. The molecule has 2 fully saturated rings. The fraction of sp³-hybridized carbons (Fsp3) is 0.429. The number of likely N-dealkylation sites (tertiary alicyclic amines) is 1. The van der Waals surface area contributed by atoms with Gasteiger partial charge in [-0.1, -0.05) is 0 Å². The number of carbonyl (C=O) groups is 2. The Hall–Kier alpha value is -3.50. The van der Waals surface area contributed by atoms with Crippen molar-refractivity contribution < 1.29 is 27.8 Å². The third-order valence-electron chi connectivity index (χ3n) is 5.44. The first kappa shape index (κ1) is 21.7. The second kappa shape index (κ2) is 9.33. The molecule has 0 radical (unpaired) electrons. The largest absolute Gasteiger partial charge is 0.472 e. The van der Waals surface area contributed by atoms with Crippen LogP contribution in [0.15, 0.2) is 30.5 Å². The molecule has 1 aromatic carbocycles. The van der Waals surface area contributed by atoms with Crippen molar-refractivity contribution in [2.45, 2.75) is 18.9 Å². The minimum atomic E-state index is -1.02. The van der Waals surface area contributed by atoms with Gasteiger partial charge >= 0.3 is 12.0 Å². The maximum absolute atomic E-state index is 13.5. The van der Waals surface area contributed by atoms with Crippen LogP contribution in [0.25, 0.3) is 0 Å². The van der Waals surface area contributed by atoms with Crippen molar-refractivity contribution in [2.24, 2.45) is 0 Å². The Kier molecular flexibility index (Phi) is 6.33. The second-order valence-corrected chi connectivity index (χ2v) is 7.56. The minimum absolute atomic E-state index is 0.0902. The van der Waals surface area contributed by atoms with Crippen LogP contribution in [0.5, 0.6) is 11.9 Å². The highest BCUT2D eigenvalue weighted by atomic mass is 19.2. The van der Waals surface area contributed by atoms with Crippen LogP contribution in [-0.4, -0.2) is 77.6 Å². The van der Waals surface area contributed by atoms with Crippen LogP contribution in [0.3, 0.4) is 0 Å². The summed E-state index contributed by atoms with van der Waals surface area (Å²) in [5, 5.41) is 0. The van der Waals surface area contributed by atoms with Crippen molar-refractivity contribution in [1.82, 2.24) is 19.8 Å². The molecule has 2 saturated heterocycles. The Morgan fingerprint density at radius 3 is 2.81 bits per heavy atom.